The summed E-state index contributed by atoms with van der Waals surface area (Å²) >= 11 is 3.91. The minimum Gasteiger partial charge on any atom is -0.356 e. The molecule has 0 saturated carbocycles. The van der Waals surface area contributed by atoms with Crippen molar-refractivity contribution >= 4 is 35.5 Å². The molecule has 7 nitrogen and oxygen atoms in total. The molecule has 170 valence electrons. The maximum Gasteiger partial charge on any atom is 0.243 e. The predicted molar refractivity (Wildman–Crippen MR) is 122 cm³/mol. The van der Waals surface area contributed by atoms with Crippen molar-refractivity contribution in [1.82, 2.24) is 16.0 Å². The van der Waals surface area contributed by atoms with Gasteiger partial charge in [-0.25, -0.2) is 0 Å². The second kappa shape index (κ2) is 13.1. The smallest absolute Gasteiger partial charge is 0.243 e. The summed E-state index contributed by atoms with van der Waals surface area (Å²) < 4.78 is 0. The van der Waals surface area contributed by atoms with Gasteiger partial charge in [-0.1, -0.05) is 50.1 Å². The Morgan fingerprint density at radius 2 is 1.90 bits per heavy atom. The molecule has 0 bridgehead atoms. The molecular formula is C23H33N3O4S. The Balaban J connectivity index is 1.94. The van der Waals surface area contributed by atoms with Crippen molar-refractivity contribution in [3.63, 3.8) is 0 Å². The molecule has 8 heteroatoms. The van der Waals surface area contributed by atoms with Crippen LogP contribution in [0.4, 0.5) is 0 Å². The number of amides is 3. The average molecular weight is 448 g/mol. The van der Waals surface area contributed by atoms with Crippen LogP contribution in [-0.2, 0) is 25.6 Å². The molecule has 1 aliphatic heterocycles. The van der Waals surface area contributed by atoms with Crippen LogP contribution in [0.25, 0.3) is 0 Å². The molecule has 1 fully saturated rings. The molecule has 31 heavy (non-hydrogen) atoms. The first-order valence-corrected chi connectivity index (χ1v) is 11.5. The van der Waals surface area contributed by atoms with Gasteiger partial charge in [0.1, 0.15) is 6.04 Å². The van der Waals surface area contributed by atoms with E-state index in [0.717, 1.165) is 24.8 Å². The minimum absolute atomic E-state index is 0.100. The summed E-state index contributed by atoms with van der Waals surface area (Å²) in [6.07, 6.45) is 4.71. The zero-order valence-electron chi connectivity index (χ0n) is 18.1. The number of hydrogen-bond acceptors (Lipinski definition) is 4. The number of rotatable bonds is 12. The molecule has 1 aliphatic rings. The van der Waals surface area contributed by atoms with Crippen LogP contribution < -0.4 is 16.0 Å². The lowest BCUT2D eigenvalue weighted by Gasteiger charge is -2.27. The van der Waals surface area contributed by atoms with Gasteiger partial charge in [-0.05, 0) is 37.7 Å². The van der Waals surface area contributed by atoms with Crippen LogP contribution in [0.15, 0.2) is 30.3 Å². The molecular weight excluding hydrogens is 414 g/mol. The first-order valence-electron chi connectivity index (χ1n) is 11.0. The van der Waals surface area contributed by atoms with Gasteiger partial charge in [-0.2, -0.15) is 0 Å². The second-order valence-electron chi connectivity index (χ2n) is 8.01. The van der Waals surface area contributed by atoms with E-state index in [4.69, 9.17) is 0 Å². The number of thiol groups is 1. The quantitative estimate of drug-likeness (QED) is 0.369. The fraction of sp³-hybridized carbons (Fsp3) is 0.565. The van der Waals surface area contributed by atoms with Crippen molar-refractivity contribution in [1.29, 1.82) is 0 Å². The van der Waals surface area contributed by atoms with Crippen LogP contribution in [0.5, 0.6) is 0 Å². The highest BCUT2D eigenvalue weighted by Gasteiger charge is 2.30. The summed E-state index contributed by atoms with van der Waals surface area (Å²) in [7, 11) is 0. The van der Waals surface area contributed by atoms with Gasteiger partial charge in [0.2, 0.25) is 22.8 Å². The van der Waals surface area contributed by atoms with Gasteiger partial charge < -0.3 is 16.0 Å². The summed E-state index contributed by atoms with van der Waals surface area (Å²) in [5, 5.41) is 7.82. The molecule has 3 atom stereocenters. The molecule has 1 heterocycles. The average Bonchev–Trinajstić information content (AvgIpc) is 2.76. The van der Waals surface area contributed by atoms with Crippen LogP contribution in [0, 0.1) is 5.92 Å². The summed E-state index contributed by atoms with van der Waals surface area (Å²) in [4.78, 5) is 49.4. The van der Waals surface area contributed by atoms with E-state index in [9.17, 15) is 19.2 Å². The van der Waals surface area contributed by atoms with E-state index in [1.54, 1.807) is 0 Å². The third-order valence-corrected chi connectivity index (χ3v) is 5.83. The number of hydrogen-bond donors (Lipinski definition) is 4. The molecule has 0 aliphatic carbocycles. The maximum atomic E-state index is 12.9. The molecule has 0 unspecified atom stereocenters. The third-order valence-electron chi connectivity index (χ3n) is 5.52. The lowest BCUT2D eigenvalue weighted by molar-refractivity contribution is -0.131. The van der Waals surface area contributed by atoms with Crippen LogP contribution in [0.1, 0.15) is 57.4 Å². The maximum absolute atomic E-state index is 12.9. The first kappa shape index (κ1) is 24.9. The van der Waals surface area contributed by atoms with Gasteiger partial charge in [0, 0.05) is 18.9 Å². The van der Waals surface area contributed by atoms with Crippen molar-refractivity contribution < 1.29 is 19.2 Å². The number of carbonyl (C=O) groups is 4. The SMILES string of the molecule is CCCC[C@H](NC(=O)CCc1ccccc1)C(=O)N[C@@H](C[C@@H]1CCCNC1=O)C(=O)S. The summed E-state index contributed by atoms with van der Waals surface area (Å²) in [6.45, 7) is 2.64. The molecule has 1 aromatic carbocycles. The third kappa shape index (κ3) is 8.73. The van der Waals surface area contributed by atoms with E-state index >= 15 is 0 Å². The van der Waals surface area contributed by atoms with Gasteiger partial charge >= 0.3 is 0 Å². The Bertz CT molecular complexity index is 756. The number of piperidine rings is 1. The molecule has 0 spiro atoms. The fourth-order valence-corrected chi connectivity index (χ4v) is 3.85. The largest absolute Gasteiger partial charge is 0.356 e. The highest BCUT2D eigenvalue weighted by Crippen LogP contribution is 2.19. The van der Waals surface area contributed by atoms with Crippen LogP contribution >= 0.6 is 12.6 Å². The van der Waals surface area contributed by atoms with Crippen molar-refractivity contribution in [3.05, 3.63) is 35.9 Å². The van der Waals surface area contributed by atoms with Gasteiger partial charge in [-0.3, -0.25) is 19.2 Å². The van der Waals surface area contributed by atoms with Gasteiger partial charge in [0.05, 0.1) is 6.04 Å². The molecule has 3 N–H and O–H groups in total. The Hall–Kier alpha value is -2.35. The van der Waals surface area contributed by atoms with E-state index in [0.29, 0.717) is 25.8 Å². The lowest BCUT2D eigenvalue weighted by atomic mass is 9.91. The van der Waals surface area contributed by atoms with Crippen molar-refractivity contribution in [2.24, 2.45) is 5.92 Å². The first-order chi connectivity index (χ1) is 14.9. The van der Waals surface area contributed by atoms with Crippen molar-refractivity contribution in [2.45, 2.75) is 70.4 Å². The van der Waals surface area contributed by atoms with E-state index in [-0.39, 0.29) is 30.6 Å². The molecule has 2 rings (SSSR count). The van der Waals surface area contributed by atoms with Gasteiger partial charge in [0.15, 0.2) is 0 Å². The van der Waals surface area contributed by atoms with E-state index in [1.807, 2.05) is 37.3 Å². The zero-order chi connectivity index (χ0) is 22.6. The Kier molecular flexibility index (Phi) is 10.6. The Morgan fingerprint density at radius 1 is 1.16 bits per heavy atom. The summed E-state index contributed by atoms with van der Waals surface area (Å²) in [5.41, 5.74) is 1.05. The van der Waals surface area contributed by atoms with Crippen molar-refractivity contribution in [2.75, 3.05) is 6.54 Å². The van der Waals surface area contributed by atoms with E-state index in [2.05, 4.69) is 28.6 Å². The molecule has 1 saturated heterocycles. The predicted octanol–water partition coefficient (Wildman–Crippen LogP) is 2.15. The monoisotopic (exact) mass is 447 g/mol. The highest BCUT2D eigenvalue weighted by molar-refractivity contribution is 7.96. The standard InChI is InChI=1S/C23H33N3O4S/c1-2-3-11-18(25-20(27)13-12-16-8-5-4-6-9-16)22(29)26-19(23(30)31)15-17-10-7-14-24-21(17)28/h4-6,8-9,17-19H,2-3,7,10-15H2,1H3,(H,24,28)(H,25,27)(H,26,29)(H,30,31)/t17-,18-,19-/m0/s1. The lowest BCUT2D eigenvalue weighted by Crippen LogP contribution is -2.52. The fourth-order valence-electron chi connectivity index (χ4n) is 3.68. The van der Waals surface area contributed by atoms with Crippen LogP contribution in [0.3, 0.4) is 0 Å². The van der Waals surface area contributed by atoms with Crippen LogP contribution in [0.2, 0.25) is 0 Å². The number of carbonyl (C=O) groups excluding carboxylic acids is 4. The normalized spacial score (nSPS) is 17.9. The Labute approximate surface area is 189 Å². The molecule has 1 aromatic rings. The number of unbranched alkanes of at least 4 members (excludes halogenated alkanes) is 1. The van der Waals surface area contributed by atoms with Crippen LogP contribution in [-0.4, -0.2) is 41.5 Å². The summed E-state index contributed by atoms with van der Waals surface area (Å²) in [6, 6.07) is 8.09. The molecule has 0 radical (unpaired) electrons. The number of nitrogens with one attached hydrogen (secondary N) is 3. The van der Waals surface area contributed by atoms with Crippen molar-refractivity contribution in [3.8, 4) is 0 Å². The number of benzene rings is 1. The highest BCUT2D eigenvalue weighted by atomic mass is 32.1. The van der Waals surface area contributed by atoms with Gasteiger partial charge in [0.25, 0.3) is 0 Å². The number of aryl methyl sites for hydroxylation is 1. The summed E-state index contributed by atoms with van der Waals surface area (Å²) in [5.74, 6) is -1.05. The second-order valence-corrected chi connectivity index (χ2v) is 8.45. The molecule has 3 amide bonds. The topological polar surface area (TPSA) is 104 Å². The van der Waals surface area contributed by atoms with Gasteiger partial charge in [-0.15, -0.1) is 12.6 Å². The Morgan fingerprint density at radius 3 is 2.55 bits per heavy atom. The minimum atomic E-state index is -0.866. The van der Waals surface area contributed by atoms with E-state index < -0.39 is 23.1 Å². The molecule has 0 aromatic heterocycles. The zero-order valence-corrected chi connectivity index (χ0v) is 19.0. The van der Waals surface area contributed by atoms with E-state index in [1.165, 1.54) is 0 Å².